The molecule has 20 heavy (non-hydrogen) atoms. The number of hydrogen-bond acceptors (Lipinski definition) is 3. The highest BCUT2D eigenvalue weighted by Crippen LogP contribution is 2.37. The van der Waals surface area contributed by atoms with Gasteiger partial charge in [0, 0.05) is 4.47 Å². The van der Waals surface area contributed by atoms with E-state index in [1.54, 1.807) is 24.3 Å². The van der Waals surface area contributed by atoms with E-state index in [0.717, 1.165) is 0 Å². The highest BCUT2D eigenvalue weighted by atomic mass is 79.9. The minimum atomic E-state index is -1.05. The van der Waals surface area contributed by atoms with Crippen LogP contribution in [-0.4, -0.2) is 19.3 Å². The van der Waals surface area contributed by atoms with E-state index in [0.29, 0.717) is 27.1 Å². The lowest BCUT2D eigenvalue weighted by Gasteiger charge is -2.18. The zero-order chi connectivity index (χ0) is 14.7. The van der Waals surface area contributed by atoms with E-state index in [4.69, 9.17) is 9.47 Å². The number of aliphatic hydroxyl groups is 1. The molecule has 0 aromatic heterocycles. The minimum absolute atomic E-state index is 0.416. The molecule has 1 atom stereocenters. The maximum Gasteiger partial charge on any atom is 0.128 e. The minimum Gasteiger partial charge on any atom is -0.496 e. The van der Waals surface area contributed by atoms with Gasteiger partial charge in [0.05, 0.1) is 19.8 Å². The second-order valence-corrected chi connectivity index (χ2v) is 5.10. The van der Waals surface area contributed by atoms with E-state index >= 15 is 0 Å². The number of aliphatic hydroxyl groups excluding tert-OH is 1. The fourth-order valence-electron chi connectivity index (χ4n) is 2.05. The van der Waals surface area contributed by atoms with Gasteiger partial charge in [-0.05, 0) is 35.9 Å². The van der Waals surface area contributed by atoms with Gasteiger partial charge in [0.1, 0.15) is 23.4 Å². The van der Waals surface area contributed by atoms with Crippen LogP contribution in [0.4, 0.5) is 4.39 Å². The summed E-state index contributed by atoms with van der Waals surface area (Å²) < 4.78 is 24.5. The van der Waals surface area contributed by atoms with Gasteiger partial charge in [0.2, 0.25) is 0 Å². The SMILES string of the molecule is COc1cccc(OC)c1C(O)c1cc(F)cc(Br)c1. The van der Waals surface area contributed by atoms with Crippen molar-refractivity contribution in [2.24, 2.45) is 0 Å². The van der Waals surface area contributed by atoms with Crippen molar-refractivity contribution < 1.29 is 19.0 Å². The van der Waals surface area contributed by atoms with E-state index in [1.165, 1.54) is 26.4 Å². The monoisotopic (exact) mass is 340 g/mol. The van der Waals surface area contributed by atoms with Crippen molar-refractivity contribution >= 4 is 15.9 Å². The molecule has 0 radical (unpaired) electrons. The summed E-state index contributed by atoms with van der Waals surface area (Å²) in [5.41, 5.74) is 0.884. The molecule has 0 saturated heterocycles. The van der Waals surface area contributed by atoms with Crippen molar-refractivity contribution in [2.75, 3.05) is 14.2 Å². The molecule has 0 saturated carbocycles. The van der Waals surface area contributed by atoms with Crippen molar-refractivity contribution in [1.29, 1.82) is 0 Å². The Bertz CT molecular complexity index is 574. The van der Waals surface area contributed by atoms with Crippen LogP contribution in [0.3, 0.4) is 0 Å². The predicted molar refractivity (Wildman–Crippen MR) is 77.7 cm³/mol. The van der Waals surface area contributed by atoms with Crippen LogP contribution in [0.2, 0.25) is 0 Å². The quantitative estimate of drug-likeness (QED) is 0.922. The average Bonchev–Trinajstić information content (AvgIpc) is 2.44. The van der Waals surface area contributed by atoms with Crippen LogP contribution in [0.25, 0.3) is 0 Å². The smallest absolute Gasteiger partial charge is 0.128 e. The van der Waals surface area contributed by atoms with Crippen molar-refractivity contribution in [3.05, 3.63) is 57.8 Å². The molecule has 2 aromatic rings. The van der Waals surface area contributed by atoms with Crippen LogP contribution in [0.1, 0.15) is 17.2 Å². The van der Waals surface area contributed by atoms with Crippen LogP contribution < -0.4 is 9.47 Å². The molecule has 1 N–H and O–H groups in total. The van der Waals surface area contributed by atoms with Gasteiger partial charge in [-0.2, -0.15) is 0 Å². The Morgan fingerprint density at radius 3 is 2.20 bits per heavy atom. The van der Waals surface area contributed by atoms with Crippen LogP contribution in [0.15, 0.2) is 40.9 Å². The molecular formula is C15H14BrFO3. The van der Waals surface area contributed by atoms with Gasteiger partial charge in [-0.15, -0.1) is 0 Å². The molecule has 3 nitrogen and oxygen atoms in total. The van der Waals surface area contributed by atoms with E-state index in [-0.39, 0.29) is 0 Å². The Labute approximate surface area is 125 Å². The van der Waals surface area contributed by atoms with Gasteiger partial charge in [-0.1, -0.05) is 22.0 Å². The third-order valence-electron chi connectivity index (χ3n) is 2.94. The van der Waals surface area contributed by atoms with Crippen molar-refractivity contribution in [1.82, 2.24) is 0 Å². The van der Waals surface area contributed by atoms with Crippen molar-refractivity contribution in [2.45, 2.75) is 6.10 Å². The Balaban J connectivity index is 2.54. The lowest BCUT2D eigenvalue weighted by Crippen LogP contribution is -2.05. The van der Waals surface area contributed by atoms with Crippen LogP contribution in [0, 0.1) is 5.82 Å². The van der Waals surface area contributed by atoms with Gasteiger partial charge < -0.3 is 14.6 Å². The highest BCUT2D eigenvalue weighted by Gasteiger charge is 2.21. The van der Waals surface area contributed by atoms with Gasteiger partial charge in [0.25, 0.3) is 0 Å². The molecule has 0 bridgehead atoms. The Morgan fingerprint density at radius 2 is 1.70 bits per heavy atom. The largest absolute Gasteiger partial charge is 0.496 e. The summed E-state index contributed by atoms with van der Waals surface area (Å²) in [4.78, 5) is 0. The molecule has 2 aromatic carbocycles. The molecule has 0 aliphatic heterocycles. The number of benzene rings is 2. The summed E-state index contributed by atoms with van der Waals surface area (Å²) in [6, 6.07) is 9.46. The second kappa shape index (κ2) is 6.24. The number of rotatable bonds is 4. The van der Waals surface area contributed by atoms with E-state index in [2.05, 4.69) is 15.9 Å². The molecule has 1 unspecified atom stereocenters. The summed E-state index contributed by atoms with van der Waals surface area (Å²) in [7, 11) is 3.01. The number of halogens is 2. The summed E-state index contributed by atoms with van der Waals surface area (Å²) in [6.45, 7) is 0. The second-order valence-electron chi connectivity index (χ2n) is 4.18. The first kappa shape index (κ1) is 14.8. The Morgan fingerprint density at radius 1 is 1.10 bits per heavy atom. The number of hydrogen-bond donors (Lipinski definition) is 1. The predicted octanol–water partition coefficient (Wildman–Crippen LogP) is 3.69. The molecule has 106 valence electrons. The average molecular weight is 341 g/mol. The standard InChI is InChI=1S/C15H14BrFO3/c1-19-12-4-3-5-13(20-2)14(12)15(18)9-6-10(16)8-11(17)7-9/h3-8,15,18H,1-2H3. The fourth-order valence-corrected chi connectivity index (χ4v) is 2.53. The Kier molecular flexibility index (Phi) is 4.62. The van der Waals surface area contributed by atoms with E-state index in [1.807, 2.05) is 0 Å². The zero-order valence-corrected chi connectivity index (χ0v) is 12.6. The molecular weight excluding hydrogens is 327 g/mol. The molecule has 0 amide bonds. The summed E-state index contributed by atoms with van der Waals surface area (Å²) in [5, 5.41) is 10.5. The van der Waals surface area contributed by atoms with Gasteiger partial charge in [-0.3, -0.25) is 0 Å². The lowest BCUT2D eigenvalue weighted by atomic mass is 9.99. The maximum absolute atomic E-state index is 13.5. The maximum atomic E-state index is 13.5. The summed E-state index contributed by atoms with van der Waals surface area (Å²) in [5.74, 6) is 0.539. The van der Waals surface area contributed by atoms with Crippen LogP contribution >= 0.6 is 15.9 Å². The highest BCUT2D eigenvalue weighted by molar-refractivity contribution is 9.10. The van der Waals surface area contributed by atoms with Gasteiger partial charge in [-0.25, -0.2) is 4.39 Å². The zero-order valence-electron chi connectivity index (χ0n) is 11.1. The summed E-state index contributed by atoms with van der Waals surface area (Å²) >= 11 is 3.21. The first-order valence-electron chi connectivity index (χ1n) is 5.91. The van der Waals surface area contributed by atoms with Crippen LogP contribution in [-0.2, 0) is 0 Å². The summed E-state index contributed by atoms with van der Waals surface area (Å²) in [6.07, 6.45) is -1.05. The molecule has 0 aliphatic rings. The van der Waals surface area contributed by atoms with Crippen LogP contribution in [0.5, 0.6) is 11.5 Å². The third kappa shape index (κ3) is 2.94. The first-order valence-corrected chi connectivity index (χ1v) is 6.71. The topological polar surface area (TPSA) is 38.7 Å². The normalized spacial score (nSPS) is 12.1. The van der Waals surface area contributed by atoms with Gasteiger partial charge >= 0.3 is 0 Å². The van der Waals surface area contributed by atoms with E-state index < -0.39 is 11.9 Å². The van der Waals surface area contributed by atoms with Crippen molar-refractivity contribution in [3.8, 4) is 11.5 Å². The molecule has 0 fully saturated rings. The molecule has 0 spiro atoms. The number of methoxy groups -OCH3 is 2. The number of ether oxygens (including phenoxy) is 2. The van der Waals surface area contributed by atoms with Crippen molar-refractivity contribution in [3.63, 3.8) is 0 Å². The Hall–Kier alpha value is -1.59. The lowest BCUT2D eigenvalue weighted by molar-refractivity contribution is 0.208. The van der Waals surface area contributed by atoms with E-state index in [9.17, 15) is 9.50 Å². The molecule has 0 heterocycles. The third-order valence-corrected chi connectivity index (χ3v) is 3.40. The first-order chi connectivity index (χ1) is 9.56. The molecule has 2 rings (SSSR count). The van der Waals surface area contributed by atoms with Gasteiger partial charge in [0.15, 0.2) is 0 Å². The molecule has 0 aliphatic carbocycles. The molecule has 5 heteroatoms. The fraction of sp³-hybridized carbons (Fsp3) is 0.200.